The number of halogens is 4. The number of amides is 3. The zero-order valence-corrected chi connectivity index (χ0v) is 25.4. The van der Waals surface area contributed by atoms with Gasteiger partial charge in [-0.05, 0) is 37.0 Å². The standard InChI is InChI=1S/C27H35N7O3.3CH4.4ClH/c28-14-15-34(18-29)25(35)13-11-22(30)26(36)33-24(12-10-19-6-2-1-3-7-19)27(37)32-21-16-20-8-4-5-9-23(20)31-17-21;;;;;;;/h1-9,16-17,22,24H,10-15,18,28-30H2,(H,32,37)(H,33,36);3*1H4;4*1H/p-3/t22-,24+;;;;;;;/m0......./s1. The van der Waals surface area contributed by atoms with Gasteiger partial charge in [-0.25, -0.2) is 4.98 Å². The van der Waals surface area contributed by atoms with Crippen LogP contribution in [0.4, 0.5) is 5.69 Å². The third kappa shape index (κ3) is 15.9. The number of anilines is 1. The van der Waals surface area contributed by atoms with Crippen LogP contribution in [0.25, 0.3) is 10.9 Å². The molecule has 10 nitrogen and oxygen atoms in total. The number of nitrogens with one attached hydrogen (secondary N) is 3. The molecule has 3 aromatic rings. The Labute approximate surface area is 287 Å². The second kappa shape index (κ2) is 26.7. The predicted molar refractivity (Wildman–Crippen MR) is 163 cm³/mol. The molecule has 0 unspecified atom stereocenters. The molecular formula is C30H48Cl4N7O3-3. The number of carbonyl (C=O) groups is 3. The Morgan fingerprint density at radius 3 is 2.07 bits per heavy atom. The number of nitrogens with zero attached hydrogens (tertiary/aromatic N) is 1. The lowest BCUT2D eigenvalue weighted by molar-refractivity contribution is -0.343. The van der Waals surface area contributed by atoms with Gasteiger partial charge in [0.2, 0.25) is 23.2 Å². The zero-order chi connectivity index (χ0) is 26.6. The fraction of sp³-hybridized carbons (Fsp3) is 0.400. The van der Waals surface area contributed by atoms with Crippen molar-refractivity contribution in [3.63, 3.8) is 0 Å². The van der Waals surface area contributed by atoms with Crippen LogP contribution in [-0.2, 0) is 20.8 Å². The van der Waals surface area contributed by atoms with E-state index in [0.29, 0.717) is 31.6 Å². The minimum atomic E-state index is -0.956. The Kier molecular flexibility index (Phi) is 30.9. The van der Waals surface area contributed by atoms with Crippen LogP contribution in [-0.4, -0.2) is 54.5 Å². The van der Waals surface area contributed by atoms with E-state index in [0.717, 1.165) is 16.5 Å². The Balaban J connectivity index is -0.000000724. The molecule has 44 heavy (non-hydrogen) atoms. The molecule has 0 spiro atoms. The molecule has 0 radical (unpaired) electrons. The van der Waals surface area contributed by atoms with Crippen LogP contribution in [0.5, 0.6) is 0 Å². The smallest absolute Gasteiger partial charge is 0.247 e. The molecule has 9 N–H and O–H groups in total. The Bertz CT molecular complexity index is 1210. The molecule has 1 heterocycles. The summed E-state index contributed by atoms with van der Waals surface area (Å²) in [5, 5.41) is 6.61. The number of nitrogens with two attached hydrogens (primary N) is 3. The van der Waals surface area contributed by atoms with E-state index in [1.54, 1.807) is 6.20 Å². The molecule has 0 fully saturated rings. The summed E-state index contributed by atoms with van der Waals surface area (Å²) in [4.78, 5) is 43.0. The molecule has 0 bridgehead atoms. The van der Waals surface area contributed by atoms with Crippen molar-refractivity contribution in [1.29, 1.82) is 0 Å². The van der Waals surface area contributed by atoms with Gasteiger partial charge in [0, 0.05) is 31.0 Å². The van der Waals surface area contributed by atoms with Gasteiger partial charge >= 0.3 is 0 Å². The number of para-hydroxylation sites is 1. The van der Waals surface area contributed by atoms with Gasteiger partial charge in [-0.2, -0.15) is 0 Å². The molecule has 1 aromatic heterocycles. The van der Waals surface area contributed by atoms with Gasteiger partial charge in [0.25, 0.3) is 0 Å². The highest BCUT2D eigenvalue weighted by Gasteiger charge is 2.25. The van der Waals surface area contributed by atoms with Gasteiger partial charge in [-0.3, -0.25) is 14.4 Å². The Morgan fingerprint density at radius 2 is 1.45 bits per heavy atom. The molecule has 0 saturated heterocycles. The maximum Gasteiger partial charge on any atom is 0.247 e. The largest absolute Gasteiger partial charge is 1.00 e. The number of rotatable bonds is 13. The highest BCUT2D eigenvalue weighted by Crippen LogP contribution is 2.15. The predicted octanol–water partition coefficient (Wildman–Crippen LogP) is -9.55. The number of pyridine rings is 1. The van der Waals surface area contributed by atoms with E-state index in [1.165, 1.54) is 4.90 Å². The van der Waals surface area contributed by atoms with Crippen molar-refractivity contribution in [2.45, 2.75) is 60.0 Å². The fourth-order valence-electron chi connectivity index (χ4n) is 3.97. The van der Waals surface area contributed by atoms with E-state index in [4.69, 9.17) is 17.2 Å². The summed E-state index contributed by atoms with van der Waals surface area (Å²) in [6.45, 7) is 0.679. The van der Waals surface area contributed by atoms with Crippen molar-refractivity contribution < 1.29 is 69.0 Å². The lowest BCUT2D eigenvalue weighted by atomic mass is 10.0. The van der Waals surface area contributed by atoms with Crippen molar-refractivity contribution in [1.82, 2.24) is 10.2 Å². The second-order valence-corrected chi connectivity index (χ2v) is 8.82. The van der Waals surface area contributed by atoms with E-state index >= 15 is 0 Å². The number of fused-ring (bicyclic) bond motifs is 1. The molecule has 0 aliphatic heterocycles. The number of aromatic amines is 1. The Morgan fingerprint density at radius 1 is 0.841 bits per heavy atom. The van der Waals surface area contributed by atoms with Gasteiger partial charge < -0.3 is 82.4 Å². The van der Waals surface area contributed by atoms with E-state index < -0.39 is 18.0 Å². The van der Waals surface area contributed by atoms with Crippen molar-refractivity contribution in [2.75, 3.05) is 25.1 Å². The number of carbonyl (C=O) groups excluding carboxylic acids is 3. The van der Waals surface area contributed by atoms with Gasteiger partial charge in [-0.15, -0.1) is 0 Å². The Hall–Kier alpha value is -2.70. The third-order valence-electron chi connectivity index (χ3n) is 6.10. The molecule has 0 saturated carbocycles. The van der Waals surface area contributed by atoms with Crippen molar-refractivity contribution in [2.24, 2.45) is 17.2 Å². The normalized spacial score (nSPS) is 10.5. The lowest BCUT2D eigenvalue weighted by Gasteiger charge is -2.22. The van der Waals surface area contributed by atoms with Crippen molar-refractivity contribution in [3.8, 4) is 0 Å². The number of H-pyrrole nitrogens is 1. The minimum Gasteiger partial charge on any atom is -1.00 e. The highest BCUT2D eigenvalue weighted by atomic mass is 35.5. The first-order valence-corrected chi connectivity index (χ1v) is 12.4. The third-order valence-corrected chi connectivity index (χ3v) is 6.10. The summed E-state index contributed by atoms with van der Waals surface area (Å²) in [6, 6.07) is 17.5. The van der Waals surface area contributed by atoms with Crippen LogP contribution in [0.15, 0.2) is 66.9 Å². The van der Waals surface area contributed by atoms with Crippen LogP contribution in [0, 0.1) is 0 Å². The highest BCUT2D eigenvalue weighted by molar-refractivity contribution is 5.98. The fourth-order valence-corrected chi connectivity index (χ4v) is 3.97. The summed E-state index contributed by atoms with van der Waals surface area (Å²) >= 11 is 0. The second-order valence-electron chi connectivity index (χ2n) is 8.82. The van der Waals surface area contributed by atoms with Crippen LogP contribution in [0.3, 0.4) is 0 Å². The average Bonchev–Trinajstić information content (AvgIpc) is 2.92. The van der Waals surface area contributed by atoms with Gasteiger partial charge in [0.1, 0.15) is 11.7 Å². The first kappa shape index (κ1) is 50.9. The van der Waals surface area contributed by atoms with Crippen LogP contribution in [0.1, 0.15) is 47.1 Å². The van der Waals surface area contributed by atoms with Gasteiger partial charge in [0.15, 0.2) is 6.20 Å². The summed E-state index contributed by atoms with van der Waals surface area (Å²) in [5.41, 5.74) is 19.7. The summed E-state index contributed by atoms with van der Waals surface area (Å²) in [6.07, 6.45) is 2.85. The minimum absolute atomic E-state index is 0. The first-order valence-electron chi connectivity index (χ1n) is 12.4. The topological polar surface area (TPSA) is 171 Å². The molecule has 2 aromatic carbocycles. The molecule has 3 amide bonds. The van der Waals surface area contributed by atoms with E-state index in [-0.39, 0.29) is 103 Å². The first-order chi connectivity index (χ1) is 17.9. The summed E-state index contributed by atoms with van der Waals surface area (Å²) < 4.78 is 0. The number of hydrogen-bond donors (Lipinski definition) is 5. The average molecular weight is 697 g/mol. The quantitative estimate of drug-likeness (QED) is 0.111. The van der Waals surface area contributed by atoms with Gasteiger partial charge in [-0.1, -0.05) is 64.7 Å². The monoisotopic (exact) mass is 694 g/mol. The zero-order valence-electron chi connectivity index (χ0n) is 22.4. The molecule has 2 atom stereocenters. The van der Waals surface area contributed by atoms with E-state index in [2.05, 4.69) is 15.6 Å². The molecule has 0 aliphatic carbocycles. The summed E-state index contributed by atoms with van der Waals surface area (Å²) in [7, 11) is 0. The molecule has 252 valence electrons. The van der Waals surface area contributed by atoms with Crippen LogP contribution >= 0.6 is 0 Å². The summed E-state index contributed by atoms with van der Waals surface area (Å²) in [5.74, 6) is -1.07. The van der Waals surface area contributed by atoms with Gasteiger partial charge in [0.05, 0.1) is 12.7 Å². The number of aromatic nitrogens is 1. The van der Waals surface area contributed by atoms with Crippen molar-refractivity contribution in [3.05, 3.63) is 72.4 Å². The number of aryl methyl sites for hydroxylation is 1. The van der Waals surface area contributed by atoms with Crippen LogP contribution < -0.4 is 82.4 Å². The lowest BCUT2D eigenvalue weighted by Crippen LogP contribution is -3.00. The van der Waals surface area contributed by atoms with Crippen LogP contribution in [0.2, 0.25) is 0 Å². The van der Waals surface area contributed by atoms with E-state index in [9.17, 15) is 14.4 Å². The molecular weight excluding hydrogens is 648 g/mol. The SMILES string of the molecule is C.C.C.NCCN(CN)C(=O)CC[C@H](N)C(=O)N[C@H](CCc1ccccc1)C(=O)Nc1c[nH+]c2ccccc2c1.[Cl-].[Cl-].[Cl-].[Cl-]. The number of hydrogen-bond acceptors (Lipinski definition) is 6. The molecule has 3 rings (SSSR count). The van der Waals surface area contributed by atoms with Crippen molar-refractivity contribution >= 4 is 34.3 Å². The maximum absolute atomic E-state index is 13.2. The number of benzene rings is 2. The molecule has 14 heteroatoms. The van der Waals surface area contributed by atoms with E-state index in [1.807, 2.05) is 60.7 Å². The molecule has 0 aliphatic rings. The maximum atomic E-state index is 13.2.